The molecule has 0 saturated carbocycles. The molecule has 0 aromatic heterocycles. The van der Waals surface area contributed by atoms with Crippen LogP contribution in [0, 0.1) is 0 Å². The topological polar surface area (TPSA) is 89.9 Å². The monoisotopic (exact) mass is 538 g/mol. The van der Waals surface area contributed by atoms with Crippen molar-refractivity contribution in [2.24, 2.45) is 0 Å². The smallest absolute Gasteiger partial charge is 0.303 e. The molecular weight excluding hydrogens is 500 g/mol. The minimum absolute atomic E-state index is 0.164. The van der Waals surface area contributed by atoms with E-state index in [-0.39, 0.29) is 39.9 Å². The number of carbonyl (C=O) groups is 1. The molecule has 2 aliphatic rings. The fourth-order valence-corrected chi connectivity index (χ4v) is 6.48. The van der Waals surface area contributed by atoms with Crippen molar-refractivity contribution in [3.05, 3.63) is 82.2 Å². The number of likely N-dealkylation sites (N-methyl/N-ethyl adjacent to an activating group) is 1. The molecule has 3 aromatic carbocycles. The molecule has 0 aliphatic carbocycles. The number of aliphatic carboxylic acids is 1. The highest BCUT2D eigenvalue weighted by atomic mass is 16.4. The number of nitrogens with zero attached hydrogens (tertiary/aromatic N) is 2. The first-order chi connectivity index (χ1) is 19.0. The molecule has 208 valence electrons. The van der Waals surface area contributed by atoms with Crippen molar-refractivity contribution >= 4 is 29.5 Å². The fraction of sp³-hybridized carbons (Fsp3) is 0.382. The van der Waals surface area contributed by atoms with Crippen LogP contribution in [0.25, 0.3) is 12.2 Å². The zero-order chi connectivity index (χ0) is 28.8. The Kier molecular flexibility index (Phi) is 7.07. The van der Waals surface area contributed by atoms with E-state index in [9.17, 15) is 15.0 Å². The van der Waals surface area contributed by atoms with E-state index in [2.05, 4.69) is 68.7 Å². The van der Waals surface area contributed by atoms with Crippen LogP contribution in [0.5, 0.6) is 11.5 Å². The van der Waals surface area contributed by atoms with Gasteiger partial charge in [0.2, 0.25) is 0 Å². The van der Waals surface area contributed by atoms with Crippen LogP contribution in [0.3, 0.4) is 0 Å². The Morgan fingerprint density at radius 3 is 2.05 bits per heavy atom. The van der Waals surface area contributed by atoms with Crippen molar-refractivity contribution in [2.75, 3.05) is 22.9 Å². The normalized spacial score (nSPS) is 19.0. The lowest BCUT2D eigenvalue weighted by Gasteiger charge is -2.27. The minimum Gasteiger partial charge on any atom is -0.820 e. The molecule has 0 fully saturated rings. The van der Waals surface area contributed by atoms with Crippen molar-refractivity contribution < 1.29 is 20.1 Å². The Bertz CT molecular complexity index is 1470. The number of carboxylic acids is 1. The lowest BCUT2D eigenvalue weighted by Crippen LogP contribution is -2.28. The van der Waals surface area contributed by atoms with E-state index in [4.69, 9.17) is 5.11 Å². The molecule has 0 radical (unpaired) electrons. The zero-order valence-corrected chi connectivity index (χ0v) is 24.1. The molecular formula is C34H38N2O4. The van der Waals surface area contributed by atoms with Crippen LogP contribution < -0.4 is 20.0 Å². The number of fused-ring (bicyclic) bond motifs is 2. The first-order valence-electron chi connectivity index (χ1n) is 14.2. The third-order valence-corrected chi connectivity index (χ3v) is 8.73. The van der Waals surface area contributed by atoms with Crippen LogP contribution in [-0.4, -0.2) is 24.2 Å². The molecule has 0 saturated heterocycles. The average Bonchev–Trinajstić information content (AvgIpc) is 3.28. The molecule has 1 N–H and O–H groups in total. The molecule has 0 atom stereocenters. The number of rotatable bonds is 9. The number of unbranched alkanes of at least 4 members (excludes halogenated alkanes) is 2. The van der Waals surface area contributed by atoms with Gasteiger partial charge in [-0.1, -0.05) is 42.8 Å². The molecule has 5 rings (SSSR count). The van der Waals surface area contributed by atoms with Gasteiger partial charge in [-0.2, -0.15) is 0 Å². The summed E-state index contributed by atoms with van der Waals surface area (Å²) in [5.41, 5.74) is 6.22. The van der Waals surface area contributed by atoms with Crippen LogP contribution in [0.15, 0.2) is 59.9 Å². The van der Waals surface area contributed by atoms with E-state index < -0.39 is 5.97 Å². The van der Waals surface area contributed by atoms with Gasteiger partial charge in [0.25, 0.3) is 0 Å². The molecule has 6 nitrogen and oxygen atoms in total. The summed E-state index contributed by atoms with van der Waals surface area (Å²) in [6.07, 6.45) is 6.02. The van der Waals surface area contributed by atoms with Crippen molar-refractivity contribution in [3.63, 3.8) is 0 Å². The van der Waals surface area contributed by atoms with Gasteiger partial charge in [0.1, 0.15) is 17.3 Å². The predicted molar refractivity (Wildman–Crippen MR) is 158 cm³/mol. The van der Waals surface area contributed by atoms with Crippen LogP contribution in [0.4, 0.5) is 11.4 Å². The van der Waals surface area contributed by atoms with Gasteiger partial charge in [0.05, 0.1) is 34.4 Å². The summed E-state index contributed by atoms with van der Waals surface area (Å²) in [5, 5.41) is 36.0. The van der Waals surface area contributed by atoms with E-state index in [0.717, 1.165) is 47.7 Å². The molecule has 3 aromatic rings. The second-order valence-electron chi connectivity index (χ2n) is 11.9. The van der Waals surface area contributed by atoms with Gasteiger partial charge in [-0.15, -0.1) is 0 Å². The number of hydrogen-bond acceptors (Lipinski definition) is 5. The Labute approximate surface area is 237 Å². The molecule has 6 heteroatoms. The number of hydrogen-bond donors (Lipinski definition) is 1. The molecule has 0 unspecified atom stereocenters. The standard InChI is InChI=1S/C34H38N2O4/c1-6-35-26-16-11-9-14-24(26)33(2,3)28(35)20-22-31(39)23(32(22)40)21-29-34(4,5)25-15-10-12-17-27(25)36(29)19-13-7-8-18-30(37)38/h9-12,14-17,20-21H,6-8,13,18-19H2,1-5H3,(H-,37,38,39). The SMILES string of the molecule is CCN1C(=Cc2c([O-])[c+](C=C3N(CCCCCC(=O)O)c4ccccc4C3(C)C)[c+]2[O-])C(C)(C)c2ccccc21. The Hall–Kier alpha value is -3.93. The molecule has 0 amide bonds. The zero-order valence-electron chi connectivity index (χ0n) is 24.1. The van der Waals surface area contributed by atoms with Gasteiger partial charge in [-0.05, 0) is 70.7 Å². The summed E-state index contributed by atoms with van der Waals surface area (Å²) >= 11 is 0. The number of anilines is 2. The van der Waals surface area contributed by atoms with Gasteiger partial charge >= 0.3 is 5.97 Å². The van der Waals surface area contributed by atoms with Crippen molar-refractivity contribution in [1.29, 1.82) is 0 Å². The van der Waals surface area contributed by atoms with Gasteiger partial charge in [0.15, 0.2) is 5.56 Å². The molecule has 0 bridgehead atoms. The first kappa shape index (κ1) is 27.6. The third kappa shape index (κ3) is 4.40. The summed E-state index contributed by atoms with van der Waals surface area (Å²) in [6.45, 7) is 12.1. The lowest BCUT2D eigenvalue weighted by atomic mass is 9.81. The summed E-state index contributed by atoms with van der Waals surface area (Å²) in [7, 11) is 0. The number of carboxylic acid groups (broad SMARTS) is 1. The predicted octanol–water partition coefficient (Wildman–Crippen LogP) is 6.21. The van der Waals surface area contributed by atoms with E-state index in [0.29, 0.717) is 13.0 Å². The van der Waals surface area contributed by atoms with Crippen LogP contribution in [0.1, 0.15) is 82.6 Å². The average molecular weight is 539 g/mol. The minimum atomic E-state index is -0.777. The van der Waals surface area contributed by atoms with Crippen LogP contribution >= 0.6 is 0 Å². The highest BCUT2D eigenvalue weighted by Gasteiger charge is 2.45. The van der Waals surface area contributed by atoms with Gasteiger partial charge < -0.3 is 20.2 Å². The number of para-hydroxylation sites is 2. The maximum absolute atomic E-state index is 13.5. The van der Waals surface area contributed by atoms with E-state index in [1.807, 2.05) is 30.3 Å². The Morgan fingerprint density at radius 1 is 0.900 bits per heavy atom. The second-order valence-corrected chi connectivity index (χ2v) is 11.9. The number of allylic oxidation sites excluding steroid dienone is 2. The second kappa shape index (κ2) is 10.2. The summed E-state index contributed by atoms with van der Waals surface area (Å²) in [5.74, 6) is -1.19. The summed E-state index contributed by atoms with van der Waals surface area (Å²) < 4.78 is 0. The lowest BCUT2D eigenvalue weighted by molar-refractivity contribution is -0.293. The van der Waals surface area contributed by atoms with Crippen molar-refractivity contribution in [1.82, 2.24) is 0 Å². The van der Waals surface area contributed by atoms with E-state index in [1.54, 1.807) is 6.08 Å². The highest BCUT2D eigenvalue weighted by Crippen LogP contribution is 2.53. The molecule has 2 heterocycles. The summed E-state index contributed by atoms with van der Waals surface area (Å²) in [6, 6.07) is 16.4. The van der Waals surface area contributed by atoms with Gasteiger partial charge in [-0.3, -0.25) is 9.69 Å². The molecule has 0 spiro atoms. The van der Waals surface area contributed by atoms with Crippen molar-refractivity contribution in [3.8, 4) is 11.5 Å². The first-order valence-corrected chi connectivity index (χ1v) is 14.2. The van der Waals surface area contributed by atoms with E-state index >= 15 is 0 Å². The largest absolute Gasteiger partial charge is 0.820 e. The van der Waals surface area contributed by atoms with Crippen LogP contribution in [0.2, 0.25) is 0 Å². The molecule has 2 aliphatic heterocycles. The van der Waals surface area contributed by atoms with Gasteiger partial charge in [0, 0.05) is 30.6 Å². The highest BCUT2D eigenvalue weighted by molar-refractivity contribution is 5.88. The molecule has 40 heavy (non-hydrogen) atoms. The Morgan fingerprint density at radius 2 is 1.48 bits per heavy atom. The summed E-state index contributed by atoms with van der Waals surface area (Å²) in [4.78, 5) is 15.3. The Balaban J connectivity index is 1.48. The maximum Gasteiger partial charge on any atom is 0.303 e. The number of benzene rings is 2. The third-order valence-electron chi connectivity index (χ3n) is 8.73. The quantitative estimate of drug-likeness (QED) is 0.257. The fourth-order valence-electron chi connectivity index (χ4n) is 6.48. The van der Waals surface area contributed by atoms with Gasteiger partial charge in [-0.25, -0.2) is 0 Å². The van der Waals surface area contributed by atoms with E-state index in [1.165, 1.54) is 5.56 Å². The van der Waals surface area contributed by atoms with Crippen LogP contribution in [-0.2, 0) is 15.6 Å². The maximum atomic E-state index is 13.5. The van der Waals surface area contributed by atoms with Crippen molar-refractivity contribution in [2.45, 2.75) is 71.1 Å².